The van der Waals surface area contributed by atoms with Crippen molar-refractivity contribution < 1.29 is 4.74 Å². The molecule has 17 heavy (non-hydrogen) atoms. The Bertz CT molecular complexity index is 424. The first kappa shape index (κ1) is 11.7. The lowest BCUT2D eigenvalue weighted by molar-refractivity contribution is 0.350. The number of rotatable bonds is 2. The molecule has 0 radical (unpaired) electrons. The molecule has 2 aliphatic rings. The van der Waals surface area contributed by atoms with E-state index in [0.717, 1.165) is 29.4 Å². The molecule has 1 nitrogen and oxygen atoms in total. The minimum Gasteiger partial charge on any atom is -0.493 e. The Morgan fingerprint density at radius 3 is 2.76 bits per heavy atom. The molecule has 1 atom stereocenters. The van der Waals surface area contributed by atoms with E-state index in [2.05, 4.69) is 0 Å². The molecule has 0 N–H and O–H groups in total. The fourth-order valence-corrected chi connectivity index (χ4v) is 3.67. The second-order valence-electron chi connectivity index (χ2n) is 5.03. The average Bonchev–Trinajstić information content (AvgIpc) is 2.97. The monoisotopic (exact) mass is 270 g/mol. The summed E-state index contributed by atoms with van der Waals surface area (Å²) in [6, 6.07) is 3.99. The molecular formula is C14H16Cl2O. The van der Waals surface area contributed by atoms with E-state index in [1.165, 1.54) is 31.2 Å². The molecule has 0 spiro atoms. The van der Waals surface area contributed by atoms with Gasteiger partial charge < -0.3 is 4.74 Å². The molecule has 1 unspecified atom stereocenters. The van der Waals surface area contributed by atoms with Gasteiger partial charge in [-0.2, -0.15) is 0 Å². The van der Waals surface area contributed by atoms with E-state index in [9.17, 15) is 0 Å². The third-order valence-corrected chi connectivity index (χ3v) is 4.70. The Morgan fingerprint density at radius 1 is 1.24 bits per heavy atom. The summed E-state index contributed by atoms with van der Waals surface area (Å²) >= 11 is 12.8. The number of hydrogen-bond acceptors (Lipinski definition) is 1. The van der Waals surface area contributed by atoms with Crippen molar-refractivity contribution in [3.63, 3.8) is 0 Å². The lowest BCUT2D eigenvalue weighted by Gasteiger charge is -2.19. The van der Waals surface area contributed by atoms with Gasteiger partial charge in [0, 0.05) is 17.0 Å². The van der Waals surface area contributed by atoms with Crippen molar-refractivity contribution >= 4 is 23.2 Å². The van der Waals surface area contributed by atoms with Gasteiger partial charge in [-0.1, -0.05) is 24.4 Å². The van der Waals surface area contributed by atoms with Crippen LogP contribution in [0.25, 0.3) is 0 Å². The molecule has 0 bridgehead atoms. The summed E-state index contributed by atoms with van der Waals surface area (Å²) in [6.45, 7) is 0.761. The summed E-state index contributed by atoms with van der Waals surface area (Å²) in [5, 5.41) is 0.843. The van der Waals surface area contributed by atoms with E-state index in [4.69, 9.17) is 27.9 Å². The first-order chi connectivity index (χ1) is 8.25. The van der Waals surface area contributed by atoms with Crippen molar-refractivity contribution in [2.45, 2.75) is 37.5 Å². The van der Waals surface area contributed by atoms with Crippen LogP contribution in [0.4, 0.5) is 0 Å². The Labute approximate surface area is 112 Å². The predicted molar refractivity (Wildman–Crippen MR) is 71.2 cm³/mol. The molecule has 1 fully saturated rings. The predicted octanol–water partition coefficient (Wildman–Crippen LogP) is 4.75. The van der Waals surface area contributed by atoms with Crippen LogP contribution in [0.5, 0.6) is 5.75 Å². The van der Waals surface area contributed by atoms with E-state index in [1.54, 1.807) is 0 Å². The smallest absolute Gasteiger partial charge is 0.127 e. The highest BCUT2D eigenvalue weighted by atomic mass is 35.5. The number of hydrogen-bond donors (Lipinski definition) is 0. The maximum absolute atomic E-state index is 6.63. The first-order valence-electron chi connectivity index (χ1n) is 6.35. The molecule has 0 saturated heterocycles. The minimum absolute atomic E-state index is 0.0584. The summed E-state index contributed by atoms with van der Waals surface area (Å²) in [6.07, 6.45) is 6.02. The van der Waals surface area contributed by atoms with Crippen LogP contribution in [0.1, 0.15) is 42.2 Å². The second kappa shape index (κ2) is 4.70. The zero-order valence-corrected chi connectivity index (χ0v) is 11.2. The van der Waals surface area contributed by atoms with Crippen LogP contribution in [-0.4, -0.2) is 6.61 Å². The molecule has 1 aliphatic heterocycles. The lowest BCUT2D eigenvalue weighted by Crippen LogP contribution is -2.05. The van der Waals surface area contributed by atoms with Gasteiger partial charge in [-0.05, 0) is 36.5 Å². The van der Waals surface area contributed by atoms with Crippen molar-refractivity contribution in [1.82, 2.24) is 0 Å². The molecule has 1 aliphatic carbocycles. The van der Waals surface area contributed by atoms with Crippen LogP contribution in [0.2, 0.25) is 5.02 Å². The van der Waals surface area contributed by atoms with Crippen molar-refractivity contribution in [3.05, 3.63) is 28.3 Å². The van der Waals surface area contributed by atoms with E-state index < -0.39 is 0 Å². The summed E-state index contributed by atoms with van der Waals surface area (Å²) in [4.78, 5) is 0. The molecule has 0 amide bonds. The number of benzene rings is 1. The van der Waals surface area contributed by atoms with Gasteiger partial charge in [-0.3, -0.25) is 0 Å². The highest BCUT2D eigenvalue weighted by molar-refractivity contribution is 6.31. The topological polar surface area (TPSA) is 9.23 Å². The van der Waals surface area contributed by atoms with Crippen LogP contribution in [0, 0.1) is 5.92 Å². The summed E-state index contributed by atoms with van der Waals surface area (Å²) in [5.41, 5.74) is 2.33. The zero-order chi connectivity index (χ0) is 11.8. The summed E-state index contributed by atoms with van der Waals surface area (Å²) < 4.78 is 5.72. The van der Waals surface area contributed by atoms with Gasteiger partial charge in [0.1, 0.15) is 5.75 Å². The molecule has 1 aromatic rings. The molecule has 1 aromatic carbocycles. The van der Waals surface area contributed by atoms with E-state index in [-0.39, 0.29) is 5.38 Å². The van der Waals surface area contributed by atoms with Gasteiger partial charge in [-0.15, -0.1) is 11.6 Å². The summed E-state index contributed by atoms with van der Waals surface area (Å²) in [5.74, 6) is 1.59. The molecule has 1 heterocycles. The maximum atomic E-state index is 6.63. The fourth-order valence-electron chi connectivity index (χ4n) is 3.01. The van der Waals surface area contributed by atoms with Gasteiger partial charge >= 0.3 is 0 Å². The van der Waals surface area contributed by atoms with Crippen LogP contribution in [0.15, 0.2) is 12.1 Å². The maximum Gasteiger partial charge on any atom is 0.127 e. The van der Waals surface area contributed by atoms with Crippen molar-refractivity contribution in [1.29, 1.82) is 0 Å². The Kier molecular flexibility index (Phi) is 3.23. The van der Waals surface area contributed by atoms with Gasteiger partial charge in [0.05, 0.1) is 12.0 Å². The largest absolute Gasteiger partial charge is 0.493 e. The van der Waals surface area contributed by atoms with E-state index in [1.807, 2.05) is 12.1 Å². The average molecular weight is 271 g/mol. The highest BCUT2D eigenvalue weighted by Crippen LogP contribution is 2.46. The van der Waals surface area contributed by atoms with Crippen LogP contribution < -0.4 is 4.74 Å². The number of halogens is 2. The molecular weight excluding hydrogens is 255 g/mol. The van der Waals surface area contributed by atoms with E-state index >= 15 is 0 Å². The van der Waals surface area contributed by atoms with Crippen LogP contribution in [0.3, 0.4) is 0 Å². The van der Waals surface area contributed by atoms with Crippen LogP contribution >= 0.6 is 23.2 Å². The fraction of sp³-hybridized carbons (Fsp3) is 0.571. The van der Waals surface area contributed by atoms with Gasteiger partial charge in [0.25, 0.3) is 0 Å². The zero-order valence-electron chi connectivity index (χ0n) is 9.72. The minimum atomic E-state index is 0.0584. The highest BCUT2D eigenvalue weighted by Gasteiger charge is 2.29. The lowest BCUT2D eigenvalue weighted by atomic mass is 9.95. The normalized spacial score (nSPS) is 21.3. The first-order valence-corrected chi connectivity index (χ1v) is 7.16. The Morgan fingerprint density at radius 2 is 2.00 bits per heavy atom. The third kappa shape index (κ3) is 2.15. The number of fused-ring (bicyclic) bond motifs is 1. The van der Waals surface area contributed by atoms with Gasteiger partial charge in [0.15, 0.2) is 0 Å². The molecule has 92 valence electrons. The van der Waals surface area contributed by atoms with Crippen molar-refractivity contribution in [3.8, 4) is 5.75 Å². The third-order valence-electron chi connectivity index (χ3n) is 3.89. The molecule has 1 saturated carbocycles. The van der Waals surface area contributed by atoms with Gasteiger partial charge in [-0.25, -0.2) is 0 Å². The van der Waals surface area contributed by atoms with Gasteiger partial charge in [0.2, 0.25) is 0 Å². The Balaban J connectivity index is 1.96. The number of alkyl halides is 1. The number of ether oxygens (including phenoxy) is 1. The Hall–Kier alpha value is -0.400. The quantitative estimate of drug-likeness (QED) is 0.705. The standard InChI is InChI=1S/C14H16Cl2O/c15-11-7-10-5-6-17-14(10)12(8-11)13(16)9-3-1-2-4-9/h7-9,13H,1-6H2. The van der Waals surface area contributed by atoms with Crippen LogP contribution in [-0.2, 0) is 6.42 Å². The molecule has 0 aromatic heterocycles. The van der Waals surface area contributed by atoms with E-state index in [0.29, 0.717) is 5.92 Å². The van der Waals surface area contributed by atoms with Crippen molar-refractivity contribution in [2.24, 2.45) is 5.92 Å². The summed E-state index contributed by atoms with van der Waals surface area (Å²) in [7, 11) is 0. The SMILES string of the molecule is Clc1cc2c(c(C(Cl)C3CCCC3)c1)OCC2. The molecule has 3 rings (SSSR count). The second-order valence-corrected chi connectivity index (χ2v) is 5.93. The van der Waals surface area contributed by atoms with Crippen molar-refractivity contribution in [2.75, 3.05) is 6.61 Å². The molecule has 3 heteroatoms.